The SMILES string of the molecule is C=C1CCCC/C1=C/C=C1\CCCC2(C)[C@H]1CC[C@]2(C)C(C)CCCC.CC.Cc1ccc(S(=O)(=O)O)cc1. The minimum atomic E-state index is -4.02. The zero-order valence-corrected chi connectivity index (χ0v) is 26.8. The van der Waals surface area contributed by atoms with E-state index in [0.717, 1.165) is 17.4 Å². The molecule has 4 rings (SSSR count). The van der Waals surface area contributed by atoms with Crippen LogP contribution in [0.4, 0.5) is 0 Å². The fraction of sp³-hybridized carbons (Fsp3) is 0.657. The number of rotatable bonds is 6. The zero-order chi connectivity index (χ0) is 29.3. The van der Waals surface area contributed by atoms with Gasteiger partial charge in [-0.05, 0) is 105 Å². The highest BCUT2D eigenvalue weighted by Crippen LogP contribution is 2.66. The highest BCUT2D eigenvalue weighted by molar-refractivity contribution is 7.85. The normalized spacial score (nSPS) is 29.6. The number of fused-ring (bicyclic) bond motifs is 1. The Morgan fingerprint density at radius 1 is 1.03 bits per heavy atom. The lowest BCUT2D eigenvalue weighted by Gasteiger charge is -2.51. The predicted octanol–water partition coefficient (Wildman–Crippen LogP) is 10.7. The first kappa shape index (κ1) is 33.6. The van der Waals surface area contributed by atoms with E-state index in [0.29, 0.717) is 10.8 Å². The van der Waals surface area contributed by atoms with Crippen LogP contribution in [0.15, 0.2) is 64.6 Å². The van der Waals surface area contributed by atoms with Crippen LogP contribution in [-0.4, -0.2) is 13.0 Å². The molecular weight excluding hydrogens is 500 g/mol. The van der Waals surface area contributed by atoms with Crippen LogP contribution in [0.1, 0.15) is 124 Å². The zero-order valence-electron chi connectivity index (χ0n) is 26.0. The van der Waals surface area contributed by atoms with Crippen LogP contribution in [0.3, 0.4) is 0 Å². The topological polar surface area (TPSA) is 54.4 Å². The smallest absolute Gasteiger partial charge is 0.282 e. The molecule has 0 aliphatic heterocycles. The van der Waals surface area contributed by atoms with Crippen molar-refractivity contribution in [3.05, 3.63) is 65.3 Å². The molecule has 1 aromatic rings. The van der Waals surface area contributed by atoms with Gasteiger partial charge in [0.1, 0.15) is 0 Å². The van der Waals surface area contributed by atoms with E-state index in [1.54, 1.807) is 17.7 Å². The first-order valence-electron chi connectivity index (χ1n) is 15.5. The molecule has 0 bridgehead atoms. The Morgan fingerprint density at radius 3 is 2.26 bits per heavy atom. The van der Waals surface area contributed by atoms with Gasteiger partial charge < -0.3 is 0 Å². The Balaban J connectivity index is 0.000000343. The van der Waals surface area contributed by atoms with Gasteiger partial charge in [0.05, 0.1) is 4.90 Å². The van der Waals surface area contributed by atoms with Crippen LogP contribution in [0.2, 0.25) is 0 Å². The van der Waals surface area contributed by atoms with Crippen molar-refractivity contribution in [2.45, 2.75) is 130 Å². The van der Waals surface area contributed by atoms with Crippen molar-refractivity contribution in [1.82, 2.24) is 0 Å². The van der Waals surface area contributed by atoms with Crippen LogP contribution in [0, 0.1) is 29.6 Å². The molecule has 4 atom stereocenters. The minimum Gasteiger partial charge on any atom is -0.282 e. The summed E-state index contributed by atoms with van der Waals surface area (Å²) in [6, 6.07) is 5.99. The highest BCUT2D eigenvalue weighted by Gasteiger charge is 2.57. The molecule has 39 heavy (non-hydrogen) atoms. The predicted molar refractivity (Wildman–Crippen MR) is 168 cm³/mol. The number of benzene rings is 1. The Bertz CT molecular complexity index is 1100. The number of allylic oxidation sites excluding steroid dienone is 5. The molecule has 0 aromatic heterocycles. The number of hydrogen-bond donors (Lipinski definition) is 1. The summed E-state index contributed by atoms with van der Waals surface area (Å²) in [6.45, 7) is 20.3. The first-order chi connectivity index (χ1) is 18.4. The van der Waals surface area contributed by atoms with Crippen molar-refractivity contribution in [2.24, 2.45) is 22.7 Å². The largest absolute Gasteiger partial charge is 0.294 e. The highest BCUT2D eigenvalue weighted by atomic mass is 32.2. The van der Waals surface area contributed by atoms with Gasteiger partial charge in [-0.2, -0.15) is 8.42 Å². The summed E-state index contributed by atoms with van der Waals surface area (Å²) in [5.41, 5.74) is 6.68. The fourth-order valence-corrected chi connectivity index (χ4v) is 7.76. The summed E-state index contributed by atoms with van der Waals surface area (Å²) in [6.07, 6.45) is 21.3. The summed E-state index contributed by atoms with van der Waals surface area (Å²) in [7, 11) is -4.02. The van der Waals surface area contributed by atoms with Crippen LogP contribution >= 0.6 is 0 Å². The third-order valence-corrected chi connectivity index (χ3v) is 11.0. The summed E-state index contributed by atoms with van der Waals surface area (Å²) >= 11 is 0. The van der Waals surface area contributed by atoms with Gasteiger partial charge >= 0.3 is 0 Å². The maximum Gasteiger partial charge on any atom is 0.294 e. The summed E-state index contributed by atoms with van der Waals surface area (Å²) in [5.74, 6) is 1.67. The lowest BCUT2D eigenvalue weighted by atomic mass is 9.53. The second kappa shape index (κ2) is 14.8. The molecule has 3 aliphatic rings. The van der Waals surface area contributed by atoms with Crippen LogP contribution in [-0.2, 0) is 10.1 Å². The van der Waals surface area contributed by atoms with Gasteiger partial charge in [-0.15, -0.1) is 0 Å². The van der Waals surface area contributed by atoms with Gasteiger partial charge in [-0.3, -0.25) is 4.55 Å². The minimum absolute atomic E-state index is 0.0666. The molecule has 3 fully saturated rings. The van der Waals surface area contributed by atoms with E-state index in [1.807, 2.05) is 20.8 Å². The van der Waals surface area contributed by atoms with Gasteiger partial charge in [-0.1, -0.05) is 108 Å². The third-order valence-electron chi connectivity index (χ3n) is 10.2. The van der Waals surface area contributed by atoms with Gasteiger partial charge in [-0.25, -0.2) is 0 Å². The average Bonchev–Trinajstić information content (AvgIpc) is 3.20. The summed E-state index contributed by atoms with van der Waals surface area (Å²) < 4.78 is 29.6. The van der Waals surface area contributed by atoms with E-state index in [1.165, 1.54) is 100 Å². The quantitative estimate of drug-likeness (QED) is 0.355. The Labute approximate surface area is 241 Å². The second-order valence-electron chi connectivity index (χ2n) is 12.4. The van der Waals surface area contributed by atoms with E-state index in [2.05, 4.69) is 46.4 Å². The molecule has 0 saturated heterocycles. The van der Waals surface area contributed by atoms with Crippen molar-refractivity contribution >= 4 is 10.1 Å². The average molecular weight is 557 g/mol. The van der Waals surface area contributed by atoms with Crippen molar-refractivity contribution in [2.75, 3.05) is 0 Å². The maximum atomic E-state index is 10.5. The van der Waals surface area contributed by atoms with Crippen molar-refractivity contribution in [3.63, 3.8) is 0 Å². The van der Waals surface area contributed by atoms with Crippen molar-refractivity contribution in [1.29, 1.82) is 0 Å². The van der Waals surface area contributed by atoms with Crippen LogP contribution in [0.25, 0.3) is 0 Å². The van der Waals surface area contributed by atoms with E-state index >= 15 is 0 Å². The van der Waals surface area contributed by atoms with Gasteiger partial charge in [0.25, 0.3) is 10.1 Å². The molecule has 0 radical (unpaired) electrons. The molecule has 4 heteroatoms. The summed E-state index contributed by atoms with van der Waals surface area (Å²) in [5, 5.41) is 0. The van der Waals surface area contributed by atoms with E-state index < -0.39 is 10.1 Å². The molecule has 0 spiro atoms. The second-order valence-corrected chi connectivity index (χ2v) is 13.8. The van der Waals surface area contributed by atoms with E-state index in [9.17, 15) is 8.42 Å². The van der Waals surface area contributed by atoms with E-state index in [4.69, 9.17) is 4.55 Å². The van der Waals surface area contributed by atoms with Crippen molar-refractivity contribution in [3.8, 4) is 0 Å². The third kappa shape index (κ3) is 8.19. The van der Waals surface area contributed by atoms with Crippen LogP contribution < -0.4 is 0 Å². The number of aryl methyl sites for hydroxylation is 1. The molecule has 3 saturated carbocycles. The Kier molecular flexibility index (Phi) is 12.8. The Morgan fingerprint density at radius 2 is 1.67 bits per heavy atom. The first-order valence-corrected chi connectivity index (χ1v) is 17.0. The molecule has 220 valence electrons. The van der Waals surface area contributed by atoms with Gasteiger partial charge in [0, 0.05) is 0 Å². The molecular formula is C35H56O3S. The number of hydrogen-bond acceptors (Lipinski definition) is 2. The van der Waals surface area contributed by atoms with Gasteiger partial charge in [0.15, 0.2) is 0 Å². The standard InChI is InChI=1S/C26H42.C7H8O3S.C2H6/c1-6-7-12-21(3)25(4)19-17-24-23(14-10-18-26(24,25)5)16-15-22-13-9-8-11-20(22)2;1-6-2-4-7(5-3-6)11(8,9)10;1-2/h15-16,21,24H,2,6-14,17-19H2,1,3-5H3;2-5H,1H3,(H,8,9,10);1-2H3/b22-15-,23-16+;;/t21?,24-,25+,26?;;/m0../s1. The van der Waals surface area contributed by atoms with E-state index in [-0.39, 0.29) is 4.90 Å². The Hall–Kier alpha value is -1.65. The molecule has 3 aliphatic carbocycles. The molecule has 1 aromatic carbocycles. The molecule has 3 nitrogen and oxygen atoms in total. The van der Waals surface area contributed by atoms with Crippen molar-refractivity contribution < 1.29 is 13.0 Å². The molecule has 1 N–H and O–H groups in total. The summed E-state index contributed by atoms with van der Waals surface area (Å²) in [4.78, 5) is -0.0666. The molecule has 2 unspecified atom stereocenters. The molecule has 0 heterocycles. The fourth-order valence-electron chi connectivity index (χ4n) is 7.28. The van der Waals surface area contributed by atoms with Crippen LogP contribution in [0.5, 0.6) is 0 Å². The lowest BCUT2D eigenvalue weighted by Crippen LogP contribution is -2.43. The number of unbranched alkanes of at least 4 members (excludes halogenated alkanes) is 1. The van der Waals surface area contributed by atoms with Gasteiger partial charge in [0.2, 0.25) is 0 Å². The maximum absolute atomic E-state index is 10.5. The molecule has 0 amide bonds. The monoisotopic (exact) mass is 556 g/mol. The lowest BCUT2D eigenvalue weighted by molar-refractivity contribution is 0.00216.